The van der Waals surface area contributed by atoms with Gasteiger partial charge in [0.2, 0.25) is 5.43 Å². The van der Waals surface area contributed by atoms with Gasteiger partial charge in [-0.15, -0.1) is 0 Å². The molecule has 1 fully saturated rings. The van der Waals surface area contributed by atoms with Gasteiger partial charge in [0, 0.05) is 44.0 Å². The van der Waals surface area contributed by atoms with E-state index in [1.807, 2.05) is 4.90 Å². The zero-order chi connectivity index (χ0) is 19.0. The van der Waals surface area contributed by atoms with Gasteiger partial charge in [0.15, 0.2) is 0 Å². The number of rotatable bonds is 3. The fourth-order valence-corrected chi connectivity index (χ4v) is 3.47. The number of hydrogen-bond donors (Lipinski definition) is 2. The minimum absolute atomic E-state index is 0.0306. The number of nitrogens with zero attached hydrogens (tertiary/aromatic N) is 3. The highest BCUT2D eigenvalue weighted by Gasteiger charge is 2.27. The molecule has 2 N–H and O–H groups in total. The lowest BCUT2D eigenvalue weighted by Gasteiger charge is -2.33. The zero-order valence-corrected chi connectivity index (χ0v) is 14.4. The molecule has 8 heteroatoms. The maximum absolute atomic E-state index is 13.8. The van der Waals surface area contributed by atoms with Crippen molar-refractivity contribution in [2.75, 3.05) is 31.1 Å². The summed E-state index contributed by atoms with van der Waals surface area (Å²) in [5.41, 5.74) is 0.0615. The highest BCUT2D eigenvalue weighted by molar-refractivity contribution is 5.99. The number of carboxylic acid groups (broad SMARTS) is 1. The van der Waals surface area contributed by atoms with Gasteiger partial charge in [0.1, 0.15) is 17.2 Å². The molecule has 0 amide bonds. The Morgan fingerprint density at radius 2 is 1.85 bits per heavy atom. The SMILES string of the molecule is O=C(O)c1c(N2CCNCC2)n(-c2ccncc2)c2ccc(F)cc2c1=O. The summed E-state index contributed by atoms with van der Waals surface area (Å²) in [4.78, 5) is 30.9. The van der Waals surface area contributed by atoms with Crippen molar-refractivity contribution in [2.45, 2.75) is 0 Å². The Labute approximate surface area is 153 Å². The number of aromatic carboxylic acids is 1. The van der Waals surface area contributed by atoms with Crippen molar-refractivity contribution in [2.24, 2.45) is 0 Å². The van der Waals surface area contributed by atoms with E-state index in [0.29, 0.717) is 43.2 Å². The first-order valence-electron chi connectivity index (χ1n) is 8.55. The largest absolute Gasteiger partial charge is 0.477 e. The van der Waals surface area contributed by atoms with Crippen LogP contribution in [0, 0.1) is 5.82 Å². The van der Waals surface area contributed by atoms with E-state index in [-0.39, 0.29) is 10.9 Å². The quantitative estimate of drug-likeness (QED) is 0.731. The van der Waals surface area contributed by atoms with Crippen LogP contribution in [0.3, 0.4) is 0 Å². The molecule has 0 unspecified atom stereocenters. The Bertz CT molecular complexity index is 1080. The summed E-state index contributed by atoms with van der Waals surface area (Å²) < 4.78 is 15.5. The zero-order valence-electron chi connectivity index (χ0n) is 14.4. The molecule has 3 heterocycles. The second kappa shape index (κ2) is 6.81. The highest BCUT2D eigenvalue weighted by atomic mass is 19.1. The number of aromatic nitrogens is 2. The molecule has 1 saturated heterocycles. The van der Waals surface area contributed by atoms with E-state index in [1.54, 1.807) is 29.1 Å². The number of anilines is 1. The van der Waals surface area contributed by atoms with E-state index in [0.717, 1.165) is 6.07 Å². The van der Waals surface area contributed by atoms with Gasteiger partial charge in [-0.1, -0.05) is 0 Å². The monoisotopic (exact) mass is 368 g/mol. The molecule has 0 atom stereocenters. The van der Waals surface area contributed by atoms with E-state index >= 15 is 0 Å². The molecule has 2 aromatic heterocycles. The second-order valence-corrected chi connectivity index (χ2v) is 6.27. The molecule has 0 spiro atoms. The van der Waals surface area contributed by atoms with E-state index in [2.05, 4.69) is 10.3 Å². The Hall–Kier alpha value is -3.26. The van der Waals surface area contributed by atoms with Crippen molar-refractivity contribution in [1.82, 2.24) is 14.9 Å². The van der Waals surface area contributed by atoms with Crippen molar-refractivity contribution < 1.29 is 14.3 Å². The van der Waals surface area contributed by atoms with Gasteiger partial charge >= 0.3 is 5.97 Å². The minimum Gasteiger partial charge on any atom is -0.477 e. The number of nitrogens with one attached hydrogen (secondary N) is 1. The van der Waals surface area contributed by atoms with Crippen molar-refractivity contribution in [3.8, 4) is 5.69 Å². The summed E-state index contributed by atoms with van der Waals surface area (Å²) >= 11 is 0. The van der Waals surface area contributed by atoms with Crippen molar-refractivity contribution in [3.05, 3.63) is 64.3 Å². The summed E-state index contributed by atoms with van der Waals surface area (Å²) in [6.07, 6.45) is 3.18. The summed E-state index contributed by atoms with van der Waals surface area (Å²) in [5, 5.41) is 13.1. The molecule has 138 valence electrons. The summed E-state index contributed by atoms with van der Waals surface area (Å²) in [5.74, 6) is -1.62. The number of carbonyl (C=O) groups is 1. The lowest BCUT2D eigenvalue weighted by Crippen LogP contribution is -2.46. The van der Waals surface area contributed by atoms with Crippen LogP contribution in [0.1, 0.15) is 10.4 Å². The summed E-state index contributed by atoms with van der Waals surface area (Å²) in [6.45, 7) is 2.45. The van der Waals surface area contributed by atoms with Crippen LogP contribution >= 0.6 is 0 Å². The first-order valence-corrected chi connectivity index (χ1v) is 8.55. The summed E-state index contributed by atoms with van der Waals surface area (Å²) in [7, 11) is 0. The van der Waals surface area contributed by atoms with E-state index in [4.69, 9.17) is 0 Å². The first kappa shape index (κ1) is 17.2. The molecule has 3 aromatic rings. The lowest BCUT2D eigenvalue weighted by atomic mass is 10.1. The van der Waals surface area contributed by atoms with Crippen molar-refractivity contribution in [3.63, 3.8) is 0 Å². The Morgan fingerprint density at radius 3 is 2.52 bits per heavy atom. The number of pyridine rings is 2. The fraction of sp³-hybridized carbons (Fsp3) is 0.211. The third-order valence-electron chi connectivity index (χ3n) is 4.66. The summed E-state index contributed by atoms with van der Waals surface area (Å²) in [6, 6.07) is 7.31. The molecule has 1 aromatic carbocycles. The van der Waals surface area contributed by atoms with Crippen LogP contribution in [0.5, 0.6) is 0 Å². The maximum atomic E-state index is 13.8. The van der Waals surface area contributed by atoms with E-state index < -0.39 is 17.2 Å². The molecular weight excluding hydrogens is 351 g/mol. The van der Waals surface area contributed by atoms with Gasteiger partial charge in [-0.25, -0.2) is 9.18 Å². The number of halogens is 1. The predicted molar refractivity (Wildman–Crippen MR) is 99.3 cm³/mol. The van der Waals surface area contributed by atoms with Crippen LogP contribution in [0.15, 0.2) is 47.5 Å². The van der Waals surface area contributed by atoms with Crippen LogP contribution in [0.25, 0.3) is 16.6 Å². The van der Waals surface area contributed by atoms with Crippen LogP contribution in [0.2, 0.25) is 0 Å². The molecule has 4 rings (SSSR count). The van der Waals surface area contributed by atoms with E-state index in [9.17, 15) is 19.1 Å². The van der Waals surface area contributed by atoms with Gasteiger partial charge in [-0.05, 0) is 30.3 Å². The minimum atomic E-state index is -1.33. The lowest BCUT2D eigenvalue weighted by molar-refractivity contribution is 0.0695. The number of fused-ring (bicyclic) bond motifs is 1. The van der Waals surface area contributed by atoms with Crippen LogP contribution in [-0.2, 0) is 0 Å². The molecule has 0 radical (unpaired) electrons. The molecular formula is C19H17FN4O3. The molecule has 27 heavy (non-hydrogen) atoms. The number of benzene rings is 1. The van der Waals surface area contributed by atoms with Gasteiger partial charge < -0.3 is 15.3 Å². The molecule has 7 nitrogen and oxygen atoms in total. The number of hydrogen-bond acceptors (Lipinski definition) is 5. The average molecular weight is 368 g/mol. The van der Waals surface area contributed by atoms with Crippen LogP contribution in [-0.4, -0.2) is 46.8 Å². The Kier molecular flexibility index (Phi) is 4.33. The maximum Gasteiger partial charge on any atom is 0.343 e. The standard InChI is InChI=1S/C19H17FN4O3/c20-12-1-2-15-14(11-12)17(25)16(19(26)27)18(23-9-7-22-8-10-23)24(15)13-3-5-21-6-4-13/h1-6,11,22H,7-10H2,(H,26,27). The first-order chi connectivity index (χ1) is 13.1. The third-order valence-corrected chi connectivity index (χ3v) is 4.66. The molecule has 0 bridgehead atoms. The van der Waals surface area contributed by atoms with Gasteiger partial charge in [-0.3, -0.25) is 14.3 Å². The normalized spacial score (nSPS) is 14.5. The van der Waals surface area contributed by atoms with Gasteiger partial charge in [0.05, 0.1) is 11.2 Å². The number of carboxylic acids is 1. The molecule has 0 aliphatic carbocycles. The Morgan fingerprint density at radius 1 is 1.15 bits per heavy atom. The Balaban J connectivity index is 2.17. The number of piperazine rings is 1. The van der Waals surface area contributed by atoms with Gasteiger partial charge in [-0.2, -0.15) is 0 Å². The highest BCUT2D eigenvalue weighted by Crippen LogP contribution is 2.29. The topological polar surface area (TPSA) is 87.5 Å². The fourth-order valence-electron chi connectivity index (χ4n) is 3.47. The van der Waals surface area contributed by atoms with E-state index in [1.165, 1.54) is 12.1 Å². The van der Waals surface area contributed by atoms with Crippen LogP contribution < -0.4 is 15.6 Å². The third kappa shape index (κ3) is 2.93. The average Bonchev–Trinajstić information content (AvgIpc) is 2.69. The smallest absolute Gasteiger partial charge is 0.343 e. The molecule has 1 aliphatic rings. The second-order valence-electron chi connectivity index (χ2n) is 6.27. The van der Waals surface area contributed by atoms with Gasteiger partial charge in [0.25, 0.3) is 0 Å². The molecule has 0 saturated carbocycles. The van der Waals surface area contributed by atoms with Crippen molar-refractivity contribution >= 4 is 22.7 Å². The van der Waals surface area contributed by atoms with Crippen molar-refractivity contribution in [1.29, 1.82) is 0 Å². The van der Waals surface area contributed by atoms with Crippen LogP contribution in [0.4, 0.5) is 10.2 Å². The predicted octanol–water partition coefficient (Wildman–Crippen LogP) is 1.63. The molecule has 1 aliphatic heterocycles.